The van der Waals surface area contributed by atoms with Gasteiger partial charge in [0.25, 0.3) is 0 Å². The van der Waals surface area contributed by atoms with Gasteiger partial charge in [0.2, 0.25) is 0 Å². The average Bonchev–Trinajstić information content (AvgIpc) is 3.56. The highest BCUT2D eigenvalue weighted by Gasteiger charge is 2.55. The van der Waals surface area contributed by atoms with Crippen molar-refractivity contribution >= 4 is 11.6 Å². The molecule has 0 unspecified atom stereocenters. The fourth-order valence-corrected chi connectivity index (χ4v) is 6.42. The first-order chi connectivity index (χ1) is 16.1. The predicted molar refractivity (Wildman–Crippen MR) is 126 cm³/mol. The first kappa shape index (κ1) is 21.3. The third-order valence-electron chi connectivity index (χ3n) is 7.97. The van der Waals surface area contributed by atoms with Crippen LogP contribution in [0.2, 0.25) is 5.02 Å². The lowest BCUT2D eigenvalue weighted by atomic mass is 9.71. The van der Waals surface area contributed by atoms with E-state index in [4.69, 9.17) is 20.9 Å². The SMILES string of the molecule is Cc1cccc(Cl)c1-c1noc(C2CC2)c1CO[C@@H]1C[C@H]2CC[C@@H](C1)[C@]2(O)c1ccccn1. The van der Waals surface area contributed by atoms with Crippen molar-refractivity contribution in [2.45, 2.75) is 69.7 Å². The van der Waals surface area contributed by atoms with Gasteiger partial charge in [-0.25, -0.2) is 0 Å². The lowest BCUT2D eigenvalue weighted by Crippen LogP contribution is -2.45. The highest BCUT2D eigenvalue weighted by molar-refractivity contribution is 6.33. The Kier molecular flexibility index (Phi) is 5.32. The zero-order valence-corrected chi connectivity index (χ0v) is 19.6. The Hall–Kier alpha value is -2.21. The number of pyridine rings is 1. The Morgan fingerprint density at radius 3 is 2.55 bits per heavy atom. The monoisotopic (exact) mass is 464 g/mol. The third kappa shape index (κ3) is 3.61. The van der Waals surface area contributed by atoms with E-state index in [1.54, 1.807) is 6.20 Å². The standard InChI is InChI=1S/C27H29ClN2O3/c1-16-5-4-6-22(28)24(16)25-21(26(33-30-25)17-8-9-17)15-32-20-13-18-10-11-19(14-20)27(18,31)23-7-2-3-12-29-23/h2-7,12,17-20,31H,8-11,13-15H2,1H3/t18-,19+,20-,27+. The van der Waals surface area contributed by atoms with Crippen molar-refractivity contribution in [3.63, 3.8) is 0 Å². The second kappa shape index (κ2) is 8.23. The fraction of sp³-hybridized carbons (Fsp3) is 0.481. The minimum atomic E-state index is -0.836. The summed E-state index contributed by atoms with van der Waals surface area (Å²) >= 11 is 6.57. The van der Waals surface area contributed by atoms with E-state index in [9.17, 15) is 5.11 Å². The van der Waals surface area contributed by atoms with Gasteiger partial charge >= 0.3 is 0 Å². The maximum absolute atomic E-state index is 11.6. The average molecular weight is 465 g/mol. The molecule has 3 aliphatic rings. The van der Waals surface area contributed by atoms with E-state index in [0.717, 1.165) is 72.4 Å². The maximum atomic E-state index is 11.6. The van der Waals surface area contributed by atoms with Crippen LogP contribution >= 0.6 is 11.6 Å². The molecule has 3 fully saturated rings. The van der Waals surface area contributed by atoms with Crippen molar-refractivity contribution in [3.05, 3.63) is 70.2 Å². The quantitative estimate of drug-likeness (QED) is 0.472. The van der Waals surface area contributed by atoms with Crippen LogP contribution in [-0.2, 0) is 16.9 Å². The summed E-state index contributed by atoms with van der Waals surface area (Å²) in [5.41, 5.74) is 3.83. The van der Waals surface area contributed by atoms with Crippen molar-refractivity contribution in [2.75, 3.05) is 0 Å². The number of fused-ring (bicyclic) bond motifs is 2. The Bertz CT molecular complexity index is 1120. The van der Waals surface area contributed by atoms with E-state index in [0.29, 0.717) is 17.5 Å². The lowest BCUT2D eigenvalue weighted by Gasteiger charge is -2.42. The van der Waals surface area contributed by atoms with Gasteiger partial charge < -0.3 is 14.4 Å². The molecule has 0 spiro atoms. The number of aryl methyl sites for hydroxylation is 1. The summed E-state index contributed by atoms with van der Waals surface area (Å²) in [4.78, 5) is 4.50. The molecule has 1 aromatic carbocycles. The Morgan fingerprint density at radius 2 is 1.88 bits per heavy atom. The van der Waals surface area contributed by atoms with Crippen molar-refractivity contribution in [2.24, 2.45) is 11.8 Å². The molecule has 0 radical (unpaired) electrons. The molecule has 4 atom stereocenters. The molecule has 6 rings (SSSR count). The van der Waals surface area contributed by atoms with Crippen LogP contribution in [0.25, 0.3) is 11.3 Å². The number of benzene rings is 1. The molecule has 2 aromatic heterocycles. The van der Waals surface area contributed by atoms with Crippen LogP contribution in [0.5, 0.6) is 0 Å². The molecular weight excluding hydrogens is 436 g/mol. The van der Waals surface area contributed by atoms with Gasteiger partial charge in [0.15, 0.2) is 0 Å². The molecule has 3 aliphatic carbocycles. The minimum absolute atomic E-state index is 0.105. The molecule has 5 nitrogen and oxygen atoms in total. The topological polar surface area (TPSA) is 68.4 Å². The van der Waals surface area contributed by atoms with E-state index in [1.165, 1.54) is 0 Å². The number of aliphatic hydroxyl groups is 1. The van der Waals surface area contributed by atoms with Crippen LogP contribution in [0, 0.1) is 18.8 Å². The van der Waals surface area contributed by atoms with Crippen molar-refractivity contribution in [1.29, 1.82) is 0 Å². The van der Waals surface area contributed by atoms with Gasteiger partial charge in [0.1, 0.15) is 17.1 Å². The van der Waals surface area contributed by atoms with Gasteiger partial charge in [-0.3, -0.25) is 4.98 Å². The van der Waals surface area contributed by atoms with E-state index < -0.39 is 5.60 Å². The molecule has 2 heterocycles. The molecular formula is C27H29ClN2O3. The zero-order valence-electron chi connectivity index (χ0n) is 18.8. The molecule has 33 heavy (non-hydrogen) atoms. The molecule has 0 aliphatic heterocycles. The number of hydrogen-bond acceptors (Lipinski definition) is 5. The van der Waals surface area contributed by atoms with Gasteiger partial charge in [0, 0.05) is 23.2 Å². The Labute approximate surface area is 199 Å². The normalized spacial score (nSPS) is 28.9. The number of halogens is 1. The smallest absolute Gasteiger partial charge is 0.145 e. The van der Waals surface area contributed by atoms with Crippen molar-refractivity contribution < 1.29 is 14.4 Å². The molecule has 0 amide bonds. The van der Waals surface area contributed by atoms with Gasteiger partial charge in [-0.2, -0.15) is 0 Å². The van der Waals surface area contributed by atoms with Crippen LogP contribution in [0.15, 0.2) is 47.1 Å². The summed E-state index contributed by atoms with van der Waals surface area (Å²) in [6.07, 6.45) is 7.86. The zero-order chi connectivity index (χ0) is 22.6. The van der Waals surface area contributed by atoms with Crippen LogP contribution in [-0.4, -0.2) is 21.4 Å². The summed E-state index contributed by atoms with van der Waals surface area (Å²) in [6, 6.07) is 11.7. The highest BCUT2D eigenvalue weighted by atomic mass is 35.5. The number of hydrogen-bond donors (Lipinski definition) is 1. The van der Waals surface area contributed by atoms with Crippen LogP contribution < -0.4 is 0 Å². The number of aromatic nitrogens is 2. The van der Waals surface area contributed by atoms with Gasteiger partial charge in [-0.15, -0.1) is 0 Å². The minimum Gasteiger partial charge on any atom is -0.383 e. The largest absolute Gasteiger partial charge is 0.383 e. The van der Waals surface area contributed by atoms with Crippen molar-refractivity contribution in [3.8, 4) is 11.3 Å². The van der Waals surface area contributed by atoms with Gasteiger partial charge in [-0.05, 0) is 81.0 Å². The fourth-order valence-electron chi connectivity index (χ4n) is 6.11. The Balaban J connectivity index is 1.24. The van der Waals surface area contributed by atoms with Crippen LogP contribution in [0.1, 0.15) is 67.0 Å². The Morgan fingerprint density at radius 1 is 1.09 bits per heavy atom. The second-order valence-corrected chi connectivity index (χ2v) is 10.4. The molecule has 0 saturated heterocycles. The second-order valence-electron chi connectivity index (χ2n) is 10.00. The summed E-state index contributed by atoms with van der Waals surface area (Å²) in [7, 11) is 0. The van der Waals surface area contributed by atoms with Crippen LogP contribution in [0.3, 0.4) is 0 Å². The molecule has 2 bridgehead atoms. The van der Waals surface area contributed by atoms with Gasteiger partial charge in [-0.1, -0.05) is 35.0 Å². The predicted octanol–water partition coefficient (Wildman–Crippen LogP) is 6.17. The molecule has 1 N–H and O–H groups in total. The van der Waals surface area contributed by atoms with E-state index in [1.807, 2.05) is 30.3 Å². The summed E-state index contributed by atoms with van der Waals surface area (Å²) in [5.74, 6) is 1.73. The number of rotatable bonds is 6. The third-order valence-corrected chi connectivity index (χ3v) is 8.28. The van der Waals surface area contributed by atoms with E-state index >= 15 is 0 Å². The van der Waals surface area contributed by atoms with Crippen LogP contribution in [0.4, 0.5) is 0 Å². The summed E-state index contributed by atoms with van der Waals surface area (Å²) < 4.78 is 12.4. The molecule has 3 aromatic rings. The lowest BCUT2D eigenvalue weighted by molar-refractivity contribution is -0.118. The van der Waals surface area contributed by atoms with E-state index in [2.05, 4.69) is 23.1 Å². The first-order valence-electron chi connectivity index (χ1n) is 12.0. The summed E-state index contributed by atoms with van der Waals surface area (Å²) in [6.45, 7) is 2.51. The van der Waals surface area contributed by atoms with E-state index in [-0.39, 0.29) is 17.9 Å². The molecule has 6 heteroatoms. The highest BCUT2D eigenvalue weighted by Crippen LogP contribution is 2.55. The summed E-state index contributed by atoms with van der Waals surface area (Å²) in [5, 5.41) is 16.8. The molecule has 172 valence electrons. The molecule has 3 saturated carbocycles. The van der Waals surface area contributed by atoms with Gasteiger partial charge in [0.05, 0.1) is 23.4 Å². The maximum Gasteiger partial charge on any atom is 0.145 e. The first-order valence-corrected chi connectivity index (χ1v) is 12.4. The number of ether oxygens (including phenoxy) is 1. The van der Waals surface area contributed by atoms with Crippen molar-refractivity contribution in [1.82, 2.24) is 10.1 Å². The number of nitrogens with zero attached hydrogens (tertiary/aromatic N) is 2.